The molecular weight excluding hydrogens is 362 g/mol. The molecule has 8 heteroatoms. The molecular formula is C20H23N3O5. The van der Waals surface area contributed by atoms with Crippen LogP contribution in [0.2, 0.25) is 0 Å². The minimum absolute atomic E-state index is 0.00258. The maximum Gasteiger partial charge on any atom is 0.343 e. The minimum Gasteiger partial charge on any atom is -0.482 e. The van der Waals surface area contributed by atoms with Crippen molar-refractivity contribution in [2.24, 2.45) is 0 Å². The molecule has 0 atom stereocenters. The number of nitrogens with zero attached hydrogens (tertiary/aromatic N) is 1. The van der Waals surface area contributed by atoms with Crippen LogP contribution in [0.3, 0.4) is 0 Å². The Hall–Kier alpha value is -3.26. The van der Waals surface area contributed by atoms with Crippen LogP contribution in [0, 0.1) is 0 Å². The van der Waals surface area contributed by atoms with E-state index in [1.807, 2.05) is 18.2 Å². The van der Waals surface area contributed by atoms with Crippen molar-refractivity contribution >= 4 is 23.4 Å². The van der Waals surface area contributed by atoms with Crippen molar-refractivity contribution in [3.05, 3.63) is 54.2 Å². The molecule has 1 aromatic carbocycles. The van der Waals surface area contributed by atoms with Gasteiger partial charge in [-0.25, -0.2) is 9.78 Å². The highest BCUT2D eigenvalue weighted by atomic mass is 16.6. The molecule has 0 unspecified atom stereocenters. The van der Waals surface area contributed by atoms with Crippen LogP contribution in [-0.2, 0) is 14.3 Å². The molecule has 0 saturated carbocycles. The van der Waals surface area contributed by atoms with Gasteiger partial charge >= 0.3 is 5.97 Å². The van der Waals surface area contributed by atoms with Crippen molar-refractivity contribution in [3.63, 3.8) is 0 Å². The van der Waals surface area contributed by atoms with Crippen LogP contribution in [0.1, 0.15) is 16.8 Å². The predicted octanol–water partition coefficient (Wildman–Crippen LogP) is 1.48. The molecule has 0 bridgehead atoms. The number of rotatable bonds is 12. The van der Waals surface area contributed by atoms with Gasteiger partial charge in [0.05, 0.1) is 20.2 Å². The molecule has 0 saturated heterocycles. The van der Waals surface area contributed by atoms with Crippen molar-refractivity contribution in [1.82, 2.24) is 10.3 Å². The van der Waals surface area contributed by atoms with Crippen molar-refractivity contribution in [1.29, 1.82) is 0 Å². The van der Waals surface area contributed by atoms with E-state index >= 15 is 0 Å². The van der Waals surface area contributed by atoms with Gasteiger partial charge in [-0.15, -0.1) is 0 Å². The molecule has 0 radical (unpaired) electrons. The van der Waals surface area contributed by atoms with Crippen LogP contribution >= 0.6 is 0 Å². The molecule has 2 aromatic rings. The monoisotopic (exact) mass is 385 g/mol. The quantitative estimate of drug-likeness (QED) is 0.418. The molecule has 0 aliphatic carbocycles. The summed E-state index contributed by atoms with van der Waals surface area (Å²) in [4.78, 5) is 39.1. The first-order chi connectivity index (χ1) is 13.6. The van der Waals surface area contributed by atoms with Gasteiger partial charge in [-0.3, -0.25) is 9.59 Å². The molecule has 8 nitrogen and oxygen atoms in total. The lowest BCUT2D eigenvalue weighted by Crippen LogP contribution is -2.29. The lowest BCUT2D eigenvalue weighted by Gasteiger charge is -2.07. The molecule has 0 aliphatic heterocycles. The molecule has 0 fully saturated rings. The number of Topliss-reactive ketones (excluding diaryl/α,β-unsaturated/α-hetero) is 2. The Balaban J connectivity index is 1.64. The molecule has 148 valence electrons. The van der Waals surface area contributed by atoms with Crippen LogP contribution in [0.25, 0.3) is 0 Å². The number of anilines is 1. The number of nitrogens with one attached hydrogen (secondary N) is 2. The van der Waals surface area contributed by atoms with Gasteiger partial charge in [0.1, 0.15) is 17.4 Å². The summed E-state index contributed by atoms with van der Waals surface area (Å²) < 4.78 is 9.70. The summed E-state index contributed by atoms with van der Waals surface area (Å²) in [7, 11) is 1.28. The fraction of sp³-hybridized carbons (Fsp3) is 0.300. The van der Waals surface area contributed by atoms with Crippen LogP contribution < -0.4 is 15.4 Å². The number of carbonyl (C=O) groups excluding carboxylic acids is 3. The van der Waals surface area contributed by atoms with Crippen molar-refractivity contribution in [2.45, 2.75) is 6.42 Å². The third-order valence-electron chi connectivity index (χ3n) is 3.74. The molecule has 0 aliphatic rings. The Morgan fingerprint density at radius 1 is 1.04 bits per heavy atom. The van der Waals surface area contributed by atoms with Gasteiger partial charge in [0.15, 0.2) is 12.4 Å². The largest absolute Gasteiger partial charge is 0.482 e. The standard InChI is InChI=1S/C20H23N3O5/c1-27-20(26)14-28-17-7-5-15(6-8-17)18(25)13-21-12-16(24)9-11-23-19-4-2-3-10-22-19/h2-8,10,21H,9,11-14H2,1H3,(H,22,23). The lowest BCUT2D eigenvalue weighted by atomic mass is 10.1. The van der Waals surface area contributed by atoms with E-state index in [0.717, 1.165) is 5.82 Å². The van der Waals surface area contributed by atoms with E-state index in [1.165, 1.54) is 7.11 Å². The zero-order valence-corrected chi connectivity index (χ0v) is 15.6. The molecule has 28 heavy (non-hydrogen) atoms. The number of ether oxygens (including phenoxy) is 2. The fourth-order valence-electron chi connectivity index (χ4n) is 2.24. The summed E-state index contributed by atoms with van der Waals surface area (Å²) in [6.07, 6.45) is 2.01. The highest BCUT2D eigenvalue weighted by Crippen LogP contribution is 2.12. The van der Waals surface area contributed by atoms with Crippen molar-refractivity contribution in [3.8, 4) is 5.75 Å². The van der Waals surface area contributed by atoms with Crippen molar-refractivity contribution in [2.75, 3.05) is 38.7 Å². The smallest absolute Gasteiger partial charge is 0.343 e. The van der Waals surface area contributed by atoms with Gasteiger partial charge in [0, 0.05) is 24.7 Å². The van der Waals surface area contributed by atoms with Crippen molar-refractivity contribution < 1.29 is 23.9 Å². The summed E-state index contributed by atoms with van der Waals surface area (Å²) >= 11 is 0. The van der Waals surface area contributed by atoms with Gasteiger partial charge in [-0.2, -0.15) is 0 Å². The van der Waals surface area contributed by atoms with Gasteiger partial charge < -0.3 is 20.1 Å². The Bertz CT molecular complexity index is 778. The number of hydrogen-bond acceptors (Lipinski definition) is 8. The van der Waals surface area contributed by atoms with Gasteiger partial charge in [0.25, 0.3) is 0 Å². The predicted molar refractivity (Wildman–Crippen MR) is 104 cm³/mol. The summed E-state index contributed by atoms with van der Waals surface area (Å²) in [5.74, 6) is 0.564. The number of ketones is 2. The Morgan fingerprint density at radius 2 is 1.82 bits per heavy atom. The Labute approximate surface area is 163 Å². The van der Waals surface area contributed by atoms with E-state index in [4.69, 9.17) is 4.74 Å². The maximum absolute atomic E-state index is 12.1. The topological polar surface area (TPSA) is 107 Å². The molecule has 1 aromatic heterocycles. The molecule has 2 rings (SSSR count). The highest BCUT2D eigenvalue weighted by molar-refractivity contribution is 5.98. The zero-order chi connectivity index (χ0) is 20.2. The zero-order valence-electron chi connectivity index (χ0n) is 15.6. The van der Waals surface area contributed by atoms with E-state index in [1.54, 1.807) is 30.5 Å². The first-order valence-corrected chi connectivity index (χ1v) is 8.78. The Morgan fingerprint density at radius 3 is 2.50 bits per heavy atom. The van der Waals surface area contributed by atoms with E-state index in [-0.39, 0.29) is 31.3 Å². The third-order valence-corrected chi connectivity index (χ3v) is 3.74. The number of aromatic nitrogens is 1. The van der Waals surface area contributed by atoms with Crippen LogP contribution in [0.5, 0.6) is 5.75 Å². The molecule has 0 amide bonds. The minimum atomic E-state index is -0.482. The lowest BCUT2D eigenvalue weighted by molar-refractivity contribution is -0.142. The first-order valence-electron chi connectivity index (χ1n) is 8.78. The fourth-order valence-corrected chi connectivity index (χ4v) is 2.24. The molecule has 0 spiro atoms. The third kappa shape index (κ3) is 7.55. The van der Waals surface area contributed by atoms with E-state index in [2.05, 4.69) is 20.4 Å². The number of benzene rings is 1. The Kier molecular flexibility index (Phi) is 8.61. The number of esters is 1. The van der Waals surface area contributed by atoms with Gasteiger partial charge in [-0.1, -0.05) is 6.07 Å². The number of carbonyl (C=O) groups is 3. The second-order valence-corrected chi connectivity index (χ2v) is 5.85. The van der Waals surface area contributed by atoms with Crippen LogP contribution in [0.4, 0.5) is 5.82 Å². The normalized spacial score (nSPS) is 10.2. The van der Waals surface area contributed by atoms with Crippen LogP contribution in [0.15, 0.2) is 48.7 Å². The van der Waals surface area contributed by atoms with Gasteiger partial charge in [-0.05, 0) is 36.4 Å². The van der Waals surface area contributed by atoms with E-state index in [0.29, 0.717) is 24.3 Å². The average molecular weight is 385 g/mol. The van der Waals surface area contributed by atoms with E-state index < -0.39 is 5.97 Å². The SMILES string of the molecule is COC(=O)COc1ccc(C(=O)CNCC(=O)CCNc2ccccn2)cc1. The summed E-state index contributed by atoms with van der Waals surface area (Å²) in [5, 5.41) is 5.92. The van der Waals surface area contributed by atoms with Crippen LogP contribution in [-0.4, -0.2) is 55.9 Å². The average Bonchev–Trinajstić information content (AvgIpc) is 2.73. The molecule has 2 N–H and O–H groups in total. The summed E-state index contributed by atoms with van der Waals surface area (Å²) in [5.41, 5.74) is 0.488. The van der Waals surface area contributed by atoms with Gasteiger partial charge in [0.2, 0.25) is 0 Å². The number of pyridine rings is 1. The second-order valence-electron chi connectivity index (χ2n) is 5.85. The first kappa shape index (κ1) is 21.0. The number of methoxy groups -OCH3 is 1. The summed E-state index contributed by atoms with van der Waals surface area (Å²) in [6.45, 7) is 0.471. The summed E-state index contributed by atoms with van der Waals surface area (Å²) in [6, 6.07) is 11.9. The molecule has 1 heterocycles. The second kappa shape index (κ2) is 11.5. The maximum atomic E-state index is 12.1. The number of hydrogen-bond donors (Lipinski definition) is 2. The highest BCUT2D eigenvalue weighted by Gasteiger charge is 2.08. The van der Waals surface area contributed by atoms with E-state index in [9.17, 15) is 14.4 Å².